The first-order chi connectivity index (χ1) is 14.7. The SMILES string of the molecule is CCCN1C(C)=NS(=O)(=O)c2cc(C(=O)N[C@@H](C)c3ccc(OC)c(OC)c3)ccc21. The Morgan fingerprint density at radius 2 is 1.84 bits per heavy atom. The van der Waals surface area contributed by atoms with E-state index in [1.807, 2.05) is 24.8 Å². The van der Waals surface area contributed by atoms with Crippen molar-refractivity contribution in [3.05, 3.63) is 47.5 Å². The minimum atomic E-state index is -3.86. The molecule has 0 saturated carbocycles. The van der Waals surface area contributed by atoms with Gasteiger partial charge >= 0.3 is 0 Å². The second kappa shape index (κ2) is 8.97. The van der Waals surface area contributed by atoms with Crippen LogP contribution >= 0.6 is 0 Å². The van der Waals surface area contributed by atoms with Crippen LogP contribution in [0.3, 0.4) is 0 Å². The zero-order valence-corrected chi connectivity index (χ0v) is 19.1. The quantitative estimate of drug-likeness (QED) is 0.700. The van der Waals surface area contributed by atoms with Crippen molar-refractivity contribution in [3.8, 4) is 11.5 Å². The summed E-state index contributed by atoms with van der Waals surface area (Å²) in [6, 6.07) is 9.75. The van der Waals surface area contributed by atoms with Crippen molar-refractivity contribution >= 4 is 27.5 Å². The van der Waals surface area contributed by atoms with Gasteiger partial charge in [0.05, 0.1) is 25.9 Å². The number of hydrogen-bond donors (Lipinski definition) is 1. The molecule has 0 aliphatic carbocycles. The van der Waals surface area contributed by atoms with Crippen LogP contribution in [-0.2, 0) is 10.0 Å². The molecule has 3 rings (SSSR count). The van der Waals surface area contributed by atoms with Crippen LogP contribution < -0.4 is 19.7 Å². The molecule has 0 aromatic heterocycles. The van der Waals surface area contributed by atoms with Gasteiger partial charge in [-0.3, -0.25) is 4.79 Å². The smallest absolute Gasteiger partial charge is 0.286 e. The maximum atomic E-state index is 12.9. The number of nitrogens with one attached hydrogen (secondary N) is 1. The van der Waals surface area contributed by atoms with Crippen LogP contribution in [0.1, 0.15) is 49.2 Å². The molecule has 1 atom stereocenters. The van der Waals surface area contributed by atoms with Gasteiger partial charge in [-0.1, -0.05) is 13.0 Å². The van der Waals surface area contributed by atoms with Crippen molar-refractivity contribution in [1.82, 2.24) is 5.32 Å². The van der Waals surface area contributed by atoms with Gasteiger partial charge in [0.1, 0.15) is 10.7 Å². The van der Waals surface area contributed by atoms with Crippen LogP contribution in [0.5, 0.6) is 11.5 Å². The maximum Gasteiger partial charge on any atom is 0.286 e. The first-order valence-electron chi connectivity index (χ1n) is 9.97. The van der Waals surface area contributed by atoms with E-state index < -0.39 is 10.0 Å². The molecule has 166 valence electrons. The number of fused-ring (bicyclic) bond motifs is 1. The van der Waals surface area contributed by atoms with Gasteiger partial charge < -0.3 is 19.7 Å². The average Bonchev–Trinajstić information content (AvgIpc) is 2.75. The number of nitrogens with zero attached hydrogens (tertiary/aromatic N) is 2. The van der Waals surface area contributed by atoms with Crippen molar-refractivity contribution in [2.75, 3.05) is 25.7 Å². The minimum Gasteiger partial charge on any atom is -0.493 e. The fraction of sp³-hybridized carbons (Fsp3) is 0.364. The molecular formula is C22H27N3O5S. The summed E-state index contributed by atoms with van der Waals surface area (Å²) >= 11 is 0. The number of sulfonamides is 1. The third-order valence-electron chi connectivity index (χ3n) is 5.14. The molecule has 1 aliphatic rings. The highest BCUT2D eigenvalue weighted by Crippen LogP contribution is 2.33. The first-order valence-corrected chi connectivity index (χ1v) is 11.4. The Bertz CT molecular complexity index is 1130. The lowest BCUT2D eigenvalue weighted by molar-refractivity contribution is 0.0939. The Morgan fingerprint density at radius 1 is 1.13 bits per heavy atom. The zero-order valence-electron chi connectivity index (χ0n) is 18.3. The van der Waals surface area contributed by atoms with Gasteiger partial charge in [0.25, 0.3) is 15.9 Å². The van der Waals surface area contributed by atoms with E-state index >= 15 is 0 Å². The molecule has 1 heterocycles. The van der Waals surface area contributed by atoms with Crippen molar-refractivity contribution < 1.29 is 22.7 Å². The second-order valence-corrected chi connectivity index (χ2v) is 8.83. The summed E-state index contributed by atoms with van der Waals surface area (Å²) in [4.78, 5) is 14.8. The summed E-state index contributed by atoms with van der Waals surface area (Å²) in [5.74, 6) is 1.20. The average molecular weight is 446 g/mol. The molecule has 0 saturated heterocycles. The molecule has 0 unspecified atom stereocenters. The highest BCUT2D eigenvalue weighted by molar-refractivity contribution is 7.90. The molecule has 8 nitrogen and oxygen atoms in total. The number of anilines is 1. The number of carbonyl (C=O) groups excluding carboxylic acids is 1. The van der Waals surface area contributed by atoms with Gasteiger partial charge in [-0.15, -0.1) is 4.40 Å². The van der Waals surface area contributed by atoms with E-state index in [2.05, 4.69) is 9.71 Å². The number of ether oxygens (including phenoxy) is 2. The lowest BCUT2D eigenvalue weighted by Crippen LogP contribution is -2.35. The Hall–Kier alpha value is -3.07. The minimum absolute atomic E-state index is 0.0398. The fourth-order valence-corrected chi connectivity index (χ4v) is 4.79. The van der Waals surface area contributed by atoms with Gasteiger partial charge in [-0.25, -0.2) is 0 Å². The Labute approximate surface area is 182 Å². The third kappa shape index (κ3) is 4.51. The monoisotopic (exact) mass is 445 g/mol. The van der Waals surface area contributed by atoms with Crippen LogP contribution in [0.25, 0.3) is 0 Å². The van der Waals surface area contributed by atoms with E-state index in [9.17, 15) is 13.2 Å². The summed E-state index contributed by atoms with van der Waals surface area (Å²) in [5, 5.41) is 2.90. The predicted octanol–water partition coefficient (Wildman–Crippen LogP) is 3.53. The lowest BCUT2D eigenvalue weighted by Gasteiger charge is -2.29. The number of benzene rings is 2. The molecule has 2 aromatic rings. The molecule has 9 heteroatoms. The second-order valence-electron chi connectivity index (χ2n) is 7.26. The number of carbonyl (C=O) groups is 1. The van der Waals surface area contributed by atoms with Crippen LogP contribution in [0, 0.1) is 0 Å². The summed E-state index contributed by atoms with van der Waals surface area (Å²) in [6.45, 7) is 6.15. The number of amides is 1. The molecule has 0 bridgehead atoms. The topological polar surface area (TPSA) is 97.3 Å². The van der Waals surface area contributed by atoms with Crippen LogP contribution in [0.4, 0.5) is 5.69 Å². The van der Waals surface area contributed by atoms with E-state index in [1.165, 1.54) is 6.07 Å². The normalized spacial score (nSPS) is 15.5. The van der Waals surface area contributed by atoms with E-state index in [-0.39, 0.29) is 22.4 Å². The molecule has 1 N–H and O–H groups in total. The van der Waals surface area contributed by atoms with Crippen LogP contribution in [0.2, 0.25) is 0 Å². The van der Waals surface area contributed by atoms with Gasteiger partial charge in [0.2, 0.25) is 0 Å². The van der Waals surface area contributed by atoms with Crippen molar-refractivity contribution in [2.24, 2.45) is 4.40 Å². The van der Waals surface area contributed by atoms with Gasteiger partial charge in [-0.2, -0.15) is 8.42 Å². The number of amidine groups is 1. The first kappa shape index (κ1) is 22.6. The summed E-state index contributed by atoms with van der Waals surface area (Å²) in [5.41, 5.74) is 1.62. The molecule has 2 aromatic carbocycles. The number of rotatable bonds is 7. The summed E-state index contributed by atoms with van der Waals surface area (Å²) in [7, 11) is -0.758. The Balaban J connectivity index is 1.87. The number of hydrogen-bond acceptors (Lipinski definition) is 6. The largest absolute Gasteiger partial charge is 0.493 e. The van der Waals surface area contributed by atoms with Crippen molar-refractivity contribution in [2.45, 2.75) is 38.1 Å². The van der Waals surface area contributed by atoms with E-state index in [0.29, 0.717) is 29.6 Å². The maximum absolute atomic E-state index is 12.9. The highest BCUT2D eigenvalue weighted by Gasteiger charge is 2.29. The van der Waals surface area contributed by atoms with Crippen LogP contribution in [-0.4, -0.2) is 40.9 Å². The molecule has 0 spiro atoms. The molecule has 0 fully saturated rings. The van der Waals surface area contributed by atoms with Gasteiger partial charge in [0.15, 0.2) is 11.5 Å². The highest BCUT2D eigenvalue weighted by atomic mass is 32.2. The summed E-state index contributed by atoms with van der Waals surface area (Å²) < 4.78 is 39.6. The molecule has 1 amide bonds. The van der Waals surface area contributed by atoms with E-state index in [4.69, 9.17) is 9.47 Å². The van der Waals surface area contributed by atoms with Gasteiger partial charge in [0, 0.05) is 12.1 Å². The van der Waals surface area contributed by atoms with Crippen molar-refractivity contribution in [1.29, 1.82) is 0 Å². The Kier molecular flexibility index (Phi) is 6.54. The number of methoxy groups -OCH3 is 2. The predicted molar refractivity (Wildman–Crippen MR) is 120 cm³/mol. The molecular weight excluding hydrogens is 418 g/mol. The standard InChI is InChI=1S/C22H27N3O5S/c1-6-11-25-15(3)24-31(27,28)21-13-17(7-9-18(21)25)22(26)23-14(2)16-8-10-19(29-4)20(12-16)30-5/h7-10,12-14H,6,11H2,1-5H3,(H,23,26)/t14-/m0/s1. The summed E-state index contributed by atoms with van der Waals surface area (Å²) in [6.07, 6.45) is 0.831. The lowest BCUT2D eigenvalue weighted by atomic mass is 10.1. The van der Waals surface area contributed by atoms with Crippen molar-refractivity contribution in [3.63, 3.8) is 0 Å². The third-order valence-corrected chi connectivity index (χ3v) is 6.52. The Morgan fingerprint density at radius 3 is 2.48 bits per heavy atom. The zero-order chi connectivity index (χ0) is 22.8. The van der Waals surface area contributed by atoms with E-state index in [1.54, 1.807) is 45.4 Å². The molecule has 0 radical (unpaired) electrons. The van der Waals surface area contributed by atoms with Gasteiger partial charge in [-0.05, 0) is 56.2 Å². The molecule has 1 aliphatic heterocycles. The van der Waals surface area contributed by atoms with Crippen LogP contribution in [0.15, 0.2) is 45.7 Å². The molecule has 31 heavy (non-hydrogen) atoms. The van der Waals surface area contributed by atoms with E-state index in [0.717, 1.165) is 12.0 Å². The fourth-order valence-electron chi connectivity index (χ4n) is 3.52.